The Bertz CT molecular complexity index is 429. The molecule has 0 radical (unpaired) electrons. The Labute approximate surface area is 134 Å². The first kappa shape index (κ1) is 15.8. The monoisotopic (exact) mass is 306 g/mol. The fraction of sp³-hybridized carbons (Fsp3) is 0.889. The van der Waals surface area contributed by atoms with Gasteiger partial charge < -0.3 is 10.2 Å². The van der Waals surface area contributed by atoms with Crippen LogP contribution in [0.1, 0.15) is 77.0 Å². The number of amides is 2. The van der Waals surface area contributed by atoms with Gasteiger partial charge in [-0.1, -0.05) is 38.5 Å². The van der Waals surface area contributed by atoms with Crippen LogP contribution in [0.2, 0.25) is 0 Å². The summed E-state index contributed by atoms with van der Waals surface area (Å²) < 4.78 is 0. The number of carbonyl (C=O) groups excluding carboxylic acids is 2. The summed E-state index contributed by atoms with van der Waals surface area (Å²) >= 11 is 0. The first-order valence-corrected chi connectivity index (χ1v) is 9.20. The molecule has 1 aliphatic heterocycles. The van der Waals surface area contributed by atoms with E-state index in [0.717, 1.165) is 44.9 Å². The minimum absolute atomic E-state index is 0.119. The lowest BCUT2D eigenvalue weighted by molar-refractivity contribution is -0.153. The Morgan fingerprint density at radius 3 is 2.45 bits per heavy atom. The molecule has 2 saturated carbocycles. The summed E-state index contributed by atoms with van der Waals surface area (Å²) in [7, 11) is 1.89. The Kier molecular flexibility index (Phi) is 4.74. The van der Waals surface area contributed by atoms with Crippen molar-refractivity contribution in [2.45, 2.75) is 89.1 Å². The summed E-state index contributed by atoms with van der Waals surface area (Å²) in [6.45, 7) is 0. The summed E-state index contributed by atoms with van der Waals surface area (Å²) in [6, 6.07) is 0.475. The van der Waals surface area contributed by atoms with E-state index in [1.165, 1.54) is 25.7 Å². The second-order valence-corrected chi connectivity index (χ2v) is 7.58. The van der Waals surface area contributed by atoms with E-state index in [1.54, 1.807) is 0 Å². The summed E-state index contributed by atoms with van der Waals surface area (Å²) in [4.78, 5) is 27.1. The highest BCUT2D eigenvalue weighted by atomic mass is 16.2. The van der Waals surface area contributed by atoms with Gasteiger partial charge in [-0.3, -0.25) is 9.59 Å². The average Bonchev–Trinajstić information content (AvgIpc) is 2.80. The highest BCUT2D eigenvalue weighted by Crippen LogP contribution is 2.46. The van der Waals surface area contributed by atoms with Gasteiger partial charge in [0.25, 0.3) is 0 Å². The van der Waals surface area contributed by atoms with E-state index < -0.39 is 0 Å². The van der Waals surface area contributed by atoms with Gasteiger partial charge in [0.05, 0.1) is 5.41 Å². The van der Waals surface area contributed by atoms with Crippen molar-refractivity contribution in [1.29, 1.82) is 0 Å². The van der Waals surface area contributed by atoms with Gasteiger partial charge in [-0.25, -0.2) is 0 Å². The minimum Gasteiger partial charge on any atom is -0.353 e. The van der Waals surface area contributed by atoms with Crippen LogP contribution >= 0.6 is 0 Å². The maximum absolute atomic E-state index is 13.1. The van der Waals surface area contributed by atoms with E-state index in [-0.39, 0.29) is 23.3 Å². The summed E-state index contributed by atoms with van der Waals surface area (Å²) in [5.74, 6) is 0.452. The van der Waals surface area contributed by atoms with Crippen molar-refractivity contribution in [1.82, 2.24) is 10.2 Å². The van der Waals surface area contributed by atoms with E-state index in [9.17, 15) is 9.59 Å². The SMILES string of the molecule is CN1C(=O)CC[C@]2(C(=O)NC3CCCCCC3)CCCC[C@@H]12. The molecule has 0 unspecified atom stereocenters. The summed E-state index contributed by atoms with van der Waals surface area (Å²) in [6.07, 6.45) is 12.8. The van der Waals surface area contributed by atoms with Gasteiger partial charge in [-0.15, -0.1) is 0 Å². The van der Waals surface area contributed by atoms with Gasteiger partial charge in [0.15, 0.2) is 0 Å². The van der Waals surface area contributed by atoms with Crippen LogP contribution in [0.15, 0.2) is 0 Å². The number of hydrogen-bond acceptors (Lipinski definition) is 2. The number of nitrogens with one attached hydrogen (secondary N) is 1. The van der Waals surface area contributed by atoms with Crippen molar-refractivity contribution in [3.8, 4) is 0 Å². The van der Waals surface area contributed by atoms with Crippen molar-refractivity contribution in [2.75, 3.05) is 7.05 Å². The molecule has 22 heavy (non-hydrogen) atoms. The molecule has 0 aromatic heterocycles. The fourth-order valence-electron chi connectivity index (χ4n) is 4.89. The zero-order chi connectivity index (χ0) is 15.6. The van der Waals surface area contributed by atoms with E-state index in [1.807, 2.05) is 11.9 Å². The molecule has 1 saturated heterocycles. The van der Waals surface area contributed by atoms with Gasteiger partial charge in [0, 0.05) is 25.6 Å². The molecule has 3 rings (SSSR count). The van der Waals surface area contributed by atoms with E-state index >= 15 is 0 Å². The number of piperidine rings is 1. The topological polar surface area (TPSA) is 49.4 Å². The van der Waals surface area contributed by atoms with E-state index in [4.69, 9.17) is 0 Å². The van der Waals surface area contributed by atoms with Crippen LogP contribution in [0.4, 0.5) is 0 Å². The standard InChI is InChI=1S/C18H30N2O2/c1-20-15-10-6-7-12-18(15,13-11-16(20)21)17(22)19-14-8-4-2-3-5-9-14/h14-15H,2-13H2,1H3,(H,19,22)/t15-,18-/m1/s1. The van der Waals surface area contributed by atoms with Gasteiger partial charge >= 0.3 is 0 Å². The van der Waals surface area contributed by atoms with Crippen molar-refractivity contribution in [2.24, 2.45) is 5.41 Å². The molecule has 2 aliphatic carbocycles. The van der Waals surface area contributed by atoms with Crippen LogP contribution in [-0.4, -0.2) is 35.8 Å². The molecule has 4 heteroatoms. The average molecular weight is 306 g/mol. The molecule has 124 valence electrons. The van der Waals surface area contributed by atoms with Crippen LogP contribution in [0.25, 0.3) is 0 Å². The van der Waals surface area contributed by atoms with E-state index in [0.29, 0.717) is 12.5 Å². The lowest BCUT2D eigenvalue weighted by Gasteiger charge is -2.50. The van der Waals surface area contributed by atoms with Crippen LogP contribution in [0.5, 0.6) is 0 Å². The zero-order valence-electron chi connectivity index (χ0n) is 13.9. The van der Waals surface area contributed by atoms with Gasteiger partial charge in [0.2, 0.25) is 11.8 Å². The molecule has 0 aromatic carbocycles. The Hall–Kier alpha value is -1.06. The quantitative estimate of drug-likeness (QED) is 0.797. The van der Waals surface area contributed by atoms with Crippen LogP contribution in [-0.2, 0) is 9.59 Å². The van der Waals surface area contributed by atoms with Crippen LogP contribution < -0.4 is 5.32 Å². The molecule has 3 aliphatic rings. The predicted molar refractivity (Wildman–Crippen MR) is 86.3 cm³/mol. The maximum Gasteiger partial charge on any atom is 0.228 e. The van der Waals surface area contributed by atoms with Crippen molar-refractivity contribution < 1.29 is 9.59 Å². The number of likely N-dealkylation sites (tertiary alicyclic amines) is 1. The van der Waals surface area contributed by atoms with Gasteiger partial charge in [0.1, 0.15) is 0 Å². The van der Waals surface area contributed by atoms with Crippen molar-refractivity contribution >= 4 is 11.8 Å². The molecule has 2 atom stereocenters. The van der Waals surface area contributed by atoms with Crippen molar-refractivity contribution in [3.63, 3.8) is 0 Å². The third-order valence-corrected chi connectivity index (χ3v) is 6.28. The molecule has 2 amide bonds. The lowest BCUT2D eigenvalue weighted by atomic mass is 9.64. The Morgan fingerprint density at radius 1 is 1.05 bits per heavy atom. The normalized spacial score (nSPS) is 34.0. The minimum atomic E-state index is -0.312. The fourth-order valence-corrected chi connectivity index (χ4v) is 4.89. The largest absolute Gasteiger partial charge is 0.353 e. The number of nitrogens with zero attached hydrogens (tertiary/aromatic N) is 1. The van der Waals surface area contributed by atoms with Gasteiger partial charge in [-0.2, -0.15) is 0 Å². The molecule has 4 nitrogen and oxygen atoms in total. The second-order valence-electron chi connectivity index (χ2n) is 7.58. The molecule has 0 spiro atoms. The Balaban J connectivity index is 1.74. The number of hydrogen-bond donors (Lipinski definition) is 1. The number of rotatable bonds is 2. The molecule has 1 heterocycles. The maximum atomic E-state index is 13.1. The highest BCUT2D eigenvalue weighted by molar-refractivity contribution is 5.88. The third kappa shape index (κ3) is 2.89. The van der Waals surface area contributed by atoms with Gasteiger partial charge in [-0.05, 0) is 32.1 Å². The smallest absolute Gasteiger partial charge is 0.228 e. The molecular weight excluding hydrogens is 276 g/mol. The Morgan fingerprint density at radius 2 is 1.73 bits per heavy atom. The van der Waals surface area contributed by atoms with E-state index in [2.05, 4.69) is 5.32 Å². The first-order chi connectivity index (χ1) is 10.6. The number of carbonyl (C=O) groups is 2. The molecule has 3 fully saturated rings. The molecule has 0 aromatic rings. The molecule has 1 N–H and O–H groups in total. The van der Waals surface area contributed by atoms with Crippen LogP contribution in [0, 0.1) is 5.41 Å². The summed E-state index contributed by atoms with van der Waals surface area (Å²) in [5.41, 5.74) is -0.312. The lowest BCUT2D eigenvalue weighted by Crippen LogP contribution is -2.61. The van der Waals surface area contributed by atoms with Crippen LogP contribution in [0.3, 0.4) is 0 Å². The number of fused-ring (bicyclic) bond motifs is 1. The summed E-state index contributed by atoms with van der Waals surface area (Å²) in [5, 5.41) is 3.38. The highest BCUT2D eigenvalue weighted by Gasteiger charge is 2.52. The first-order valence-electron chi connectivity index (χ1n) is 9.20. The molecular formula is C18H30N2O2. The predicted octanol–water partition coefficient (Wildman–Crippen LogP) is 3.01. The second kappa shape index (κ2) is 6.59. The zero-order valence-corrected chi connectivity index (χ0v) is 13.9. The third-order valence-electron chi connectivity index (χ3n) is 6.28. The van der Waals surface area contributed by atoms with Crippen molar-refractivity contribution in [3.05, 3.63) is 0 Å². The molecule has 0 bridgehead atoms.